The van der Waals surface area contributed by atoms with Gasteiger partial charge in [-0.3, -0.25) is 4.79 Å². The molecule has 0 unspecified atom stereocenters. The van der Waals surface area contributed by atoms with Crippen LogP contribution in [-0.4, -0.2) is 42.0 Å². The summed E-state index contributed by atoms with van der Waals surface area (Å²) in [5.41, 5.74) is 0.549. The summed E-state index contributed by atoms with van der Waals surface area (Å²) in [6.07, 6.45) is 5.16. The van der Waals surface area contributed by atoms with Gasteiger partial charge in [0.25, 0.3) is 0 Å². The van der Waals surface area contributed by atoms with Gasteiger partial charge >= 0.3 is 0 Å². The van der Waals surface area contributed by atoms with Crippen LogP contribution in [0, 0.1) is 17.2 Å². The number of likely N-dealkylation sites (tertiary alicyclic amines) is 1. The van der Waals surface area contributed by atoms with Crippen LogP contribution in [0.3, 0.4) is 0 Å². The number of nitrogens with zero attached hydrogens (tertiary/aromatic N) is 4. The van der Waals surface area contributed by atoms with Crippen molar-refractivity contribution >= 4 is 27.7 Å². The van der Waals surface area contributed by atoms with Gasteiger partial charge in [0.05, 0.1) is 11.5 Å². The van der Waals surface area contributed by atoms with Crippen molar-refractivity contribution in [1.82, 2.24) is 9.88 Å². The number of rotatable bonds is 2. The van der Waals surface area contributed by atoms with Crippen molar-refractivity contribution in [3.63, 3.8) is 0 Å². The zero-order chi connectivity index (χ0) is 14.8. The van der Waals surface area contributed by atoms with Crippen molar-refractivity contribution in [1.29, 1.82) is 5.26 Å². The molecule has 0 spiro atoms. The number of carbonyl (C=O) groups is 1. The van der Waals surface area contributed by atoms with Gasteiger partial charge in [-0.25, -0.2) is 4.98 Å². The van der Waals surface area contributed by atoms with Gasteiger partial charge in [0.15, 0.2) is 0 Å². The summed E-state index contributed by atoms with van der Waals surface area (Å²) in [7, 11) is 0. The van der Waals surface area contributed by atoms with E-state index < -0.39 is 0 Å². The third-order valence-corrected chi connectivity index (χ3v) is 4.59. The number of piperidine rings is 1. The lowest BCUT2D eigenvalue weighted by atomic mass is 9.96. The van der Waals surface area contributed by atoms with E-state index in [0.29, 0.717) is 24.5 Å². The second kappa shape index (κ2) is 6.02. The van der Waals surface area contributed by atoms with Gasteiger partial charge in [0.2, 0.25) is 5.91 Å². The Balaban J connectivity index is 1.63. The normalized spacial score (nSPS) is 19.0. The maximum atomic E-state index is 12.4. The molecular weight excluding hydrogens is 332 g/mol. The zero-order valence-electron chi connectivity index (χ0n) is 11.8. The predicted octanol–water partition coefficient (Wildman–Crippen LogP) is 2.16. The highest BCUT2D eigenvalue weighted by molar-refractivity contribution is 9.10. The number of aromatic nitrogens is 1. The number of carbonyl (C=O) groups excluding carboxylic acids is 1. The van der Waals surface area contributed by atoms with Crippen LogP contribution in [0.5, 0.6) is 0 Å². The summed E-state index contributed by atoms with van der Waals surface area (Å²) < 4.78 is 0.796. The fourth-order valence-electron chi connectivity index (χ4n) is 2.95. The van der Waals surface area contributed by atoms with Gasteiger partial charge in [-0.15, -0.1) is 0 Å². The van der Waals surface area contributed by atoms with E-state index in [0.717, 1.165) is 30.4 Å². The van der Waals surface area contributed by atoms with E-state index in [1.54, 1.807) is 12.3 Å². The minimum Gasteiger partial charge on any atom is -0.354 e. The van der Waals surface area contributed by atoms with E-state index in [1.807, 2.05) is 9.80 Å². The highest BCUT2D eigenvalue weighted by Gasteiger charge is 2.37. The highest BCUT2D eigenvalue weighted by Crippen LogP contribution is 2.29. The number of hydrogen-bond acceptors (Lipinski definition) is 4. The zero-order valence-corrected chi connectivity index (χ0v) is 13.3. The summed E-state index contributed by atoms with van der Waals surface area (Å²) in [6, 6.07) is 3.93. The van der Waals surface area contributed by atoms with Gasteiger partial charge in [0.1, 0.15) is 11.9 Å². The first-order valence-corrected chi connectivity index (χ1v) is 8.07. The standard InChI is InChI=1S/C15H17BrN4O/c16-13-6-11(7-17)14(18-8-13)20-9-12(10-20)15(21)19-4-2-1-3-5-19/h6,8,12H,1-5,9-10H2. The summed E-state index contributed by atoms with van der Waals surface area (Å²) in [6.45, 7) is 3.13. The summed E-state index contributed by atoms with van der Waals surface area (Å²) >= 11 is 3.32. The quantitative estimate of drug-likeness (QED) is 0.821. The lowest BCUT2D eigenvalue weighted by molar-refractivity contribution is -0.137. The Hall–Kier alpha value is -1.61. The Morgan fingerprint density at radius 3 is 2.71 bits per heavy atom. The molecule has 3 rings (SSSR count). The van der Waals surface area contributed by atoms with Gasteiger partial charge < -0.3 is 9.80 Å². The van der Waals surface area contributed by atoms with Crippen LogP contribution in [0.15, 0.2) is 16.7 Å². The van der Waals surface area contributed by atoms with E-state index in [4.69, 9.17) is 0 Å². The van der Waals surface area contributed by atoms with Crippen LogP contribution >= 0.6 is 15.9 Å². The van der Waals surface area contributed by atoms with E-state index in [2.05, 4.69) is 27.0 Å². The molecule has 0 N–H and O–H groups in total. The molecule has 21 heavy (non-hydrogen) atoms. The molecule has 0 radical (unpaired) electrons. The average Bonchev–Trinajstić information content (AvgIpc) is 2.47. The van der Waals surface area contributed by atoms with Crippen LogP contribution < -0.4 is 4.90 Å². The lowest BCUT2D eigenvalue weighted by Gasteiger charge is -2.42. The van der Waals surface area contributed by atoms with E-state index in [-0.39, 0.29) is 11.8 Å². The molecule has 2 saturated heterocycles. The van der Waals surface area contributed by atoms with Gasteiger partial charge in [0, 0.05) is 36.8 Å². The molecule has 2 aliphatic heterocycles. The van der Waals surface area contributed by atoms with Gasteiger partial charge in [-0.2, -0.15) is 5.26 Å². The molecule has 1 aromatic heterocycles. The molecule has 0 saturated carbocycles. The van der Waals surface area contributed by atoms with Crippen LogP contribution in [0.1, 0.15) is 24.8 Å². The van der Waals surface area contributed by atoms with Gasteiger partial charge in [-0.05, 0) is 41.3 Å². The van der Waals surface area contributed by atoms with Crippen molar-refractivity contribution in [3.8, 4) is 6.07 Å². The van der Waals surface area contributed by atoms with Crippen molar-refractivity contribution in [2.45, 2.75) is 19.3 Å². The Morgan fingerprint density at radius 2 is 2.05 bits per heavy atom. The number of pyridine rings is 1. The molecule has 0 aliphatic carbocycles. The minimum absolute atomic E-state index is 0.0556. The number of nitriles is 1. The Labute approximate surface area is 132 Å². The fourth-order valence-corrected chi connectivity index (χ4v) is 3.28. The molecule has 6 heteroatoms. The molecule has 1 aromatic rings. The Kier molecular flexibility index (Phi) is 4.11. The molecule has 5 nitrogen and oxygen atoms in total. The molecule has 0 atom stereocenters. The predicted molar refractivity (Wildman–Crippen MR) is 82.8 cm³/mol. The van der Waals surface area contributed by atoms with Crippen LogP contribution in [0.2, 0.25) is 0 Å². The monoisotopic (exact) mass is 348 g/mol. The molecule has 3 heterocycles. The van der Waals surface area contributed by atoms with Crippen LogP contribution in [0.4, 0.5) is 5.82 Å². The number of hydrogen-bond donors (Lipinski definition) is 0. The molecular formula is C15H17BrN4O. The number of amides is 1. The summed E-state index contributed by atoms with van der Waals surface area (Å²) in [4.78, 5) is 20.7. The Morgan fingerprint density at radius 1 is 1.33 bits per heavy atom. The minimum atomic E-state index is 0.0556. The van der Waals surface area contributed by atoms with E-state index >= 15 is 0 Å². The van der Waals surface area contributed by atoms with E-state index in [1.165, 1.54) is 6.42 Å². The second-order valence-corrected chi connectivity index (χ2v) is 6.54. The average molecular weight is 349 g/mol. The van der Waals surface area contributed by atoms with Gasteiger partial charge in [-0.1, -0.05) is 0 Å². The molecule has 2 aliphatic rings. The maximum absolute atomic E-state index is 12.4. The van der Waals surface area contributed by atoms with E-state index in [9.17, 15) is 10.1 Å². The van der Waals surface area contributed by atoms with Crippen molar-refractivity contribution in [2.24, 2.45) is 5.92 Å². The second-order valence-electron chi connectivity index (χ2n) is 5.62. The van der Waals surface area contributed by atoms with Crippen molar-refractivity contribution in [3.05, 3.63) is 22.3 Å². The molecule has 2 fully saturated rings. The molecule has 0 bridgehead atoms. The largest absolute Gasteiger partial charge is 0.354 e. The summed E-state index contributed by atoms with van der Waals surface area (Å²) in [5, 5.41) is 9.18. The number of halogens is 1. The van der Waals surface area contributed by atoms with Crippen LogP contribution in [-0.2, 0) is 4.79 Å². The van der Waals surface area contributed by atoms with Crippen molar-refractivity contribution in [2.75, 3.05) is 31.1 Å². The first-order chi connectivity index (χ1) is 10.2. The molecule has 1 amide bonds. The first-order valence-electron chi connectivity index (χ1n) is 7.28. The van der Waals surface area contributed by atoms with Crippen LogP contribution in [0.25, 0.3) is 0 Å². The lowest BCUT2D eigenvalue weighted by Crippen LogP contribution is -2.55. The number of anilines is 1. The highest BCUT2D eigenvalue weighted by atomic mass is 79.9. The Bertz CT molecular complexity index is 586. The maximum Gasteiger partial charge on any atom is 0.229 e. The van der Waals surface area contributed by atoms with Crippen molar-refractivity contribution < 1.29 is 4.79 Å². The SMILES string of the molecule is N#Cc1cc(Br)cnc1N1CC(C(=O)N2CCCCC2)C1. The fraction of sp³-hybridized carbons (Fsp3) is 0.533. The third kappa shape index (κ3) is 2.88. The third-order valence-electron chi connectivity index (χ3n) is 4.15. The molecule has 0 aromatic carbocycles. The topological polar surface area (TPSA) is 60.2 Å². The molecule has 110 valence electrons. The first kappa shape index (κ1) is 14.3. The summed E-state index contributed by atoms with van der Waals surface area (Å²) in [5.74, 6) is 1.00. The smallest absolute Gasteiger partial charge is 0.229 e.